The van der Waals surface area contributed by atoms with Crippen LogP contribution in [0.4, 0.5) is 5.69 Å². The van der Waals surface area contributed by atoms with Crippen molar-refractivity contribution in [2.45, 2.75) is 31.4 Å². The average Bonchev–Trinajstić information content (AvgIpc) is 2.18. The fourth-order valence-corrected chi connectivity index (χ4v) is 2.02. The van der Waals surface area contributed by atoms with Gasteiger partial charge in [0.25, 0.3) is 0 Å². The van der Waals surface area contributed by atoms with Crippen molar-refractivity contribution in [3.8, 4) is 0 Å². The minimum Gasteiger partial charge on any atom is -0.388 e. The van der Waals surface area contributed by atoms with Crippen molar-refractivity contribution < 1.29 is 5.11 Å². The number of halogens is 2. The van der Waals surface area contributed by atoms with Gasteiger partial charge in [-0.1, -0.05) is 23.2 Å². The normalized spacial score (nSPS) is 29.7. The van der Waals surface area contributed by atoms with Crippen LogP contribution in [0, 0.1) is 0 Å². The third-order valence-electron chi connectivity index (χ3n) is 2.95. The number of aliphatic hydroxyl groups is 1. The van der Waals surface area contributed by atoms with E-state index in [1.165, 1.54) is 0 Å². The van der Waals surface area contributed by atoms with Gasteiger partial charge in [0.2, 0.25) is 0 Å². The van der Waals surface area contributed by atoms with Gasteiger partial charge in [0.1, 0.15) is 0 Å². The highest BCUT2D eigenvalue weighted by atomic mass is 35.5. The second-order valence-corrected chi connectivity index (χ2v) is 5.04. The van der Waals surface area contributed by atoms with Gasteiger partial charge in [0.15, 0.2) is 0 Å². The minimum absolute atomic E-state index is 0.106. The zero-order chi connectivity index (χ0) is 11.1. The van der Waals surface area contributed by atoms with E-state index in [1.54, 1.807) is 12.1 Å². The van der Waals surface area contributed by atoms with Crippen LogP contribution in [0.1, 0.15) is 19.8 Å². The summed E-state index contributed by atoms with van der Waals surface area (Å²) in [4.78, 5) is 0. The van der Waals surface area contributed by atoms with Gasteiger partial charge in [-0.25, -0.2) is 0 Å². The highest BCUT2D eigenvalue weighted by Crippen LogP contribution is 2.35. The molecule has 2 rings (SSSR count). The van der Waals surface area contributed by atoms with Crippen LogP contribution in [0.25, 0.3) is 0 Å². The number of benzene rings is 1. The van der Waals surface area contributed by atoms with Crippen LogP contribution < -0.4 is 5.32 Å². The van der Waals surface area contributed by atoms with Crippen molar-refractivity contribution >= 4 is 28.9 Å². The van der Waals surface area contributed by atoms with E-state index >= 15 is 0 Å². The molecule has 0 aliphatic heterocycles. The lowest BCUT2D eigenvalue weighted by molar-refractivity contribution is -0.0286. The molecular formula is C11H13Cl2NO. The summed E-state index contributed by atoms with van der Waals surface area (Å²) in [5.74, 6) is 0. The lowest BCUT2D eigenvalue weighted by Gasteiger charge is -2.43. The molecule has 0 amide bonds. The molecule has 0 bridgehead atoms. The maximum Gasteiger partial charge on any atom is 0.0820 e. The van der Waals surface area contributed by atoms with E-state index in [9.17, 15) is 5.11 Å². The van der Waals surface area contributed by atoms with E-state index in [0.29, 0.717) is 10.0 Å². The third-order valence-corrected chi connectivity index (χ3v) is 3.69. The zero-order valence-electron chi connectivity index (χ0n) is 8.43. The molecule has 2 atom stereocenters. The summed E-state index contributed by atoms with van der Waals surface area (Å²) in [6.07, 6.45) is 1.82. The predicted molar refractivity (Wildman–Crippen MR) is 63.7 cm³/mol. The quantitative estimate of drug-likeness (QED) is 0.838. The van der Waals surface area contributed by atoms with Gasteiger partial charge in [-0.15, -0.1) is 0 Å². The van der Waals surface area contributed by atoms with Crippen LogP contribution >= 0.6 is 23.2 Å². The number of hydrogen-bond donors (Lipinski definition) is 2. The fourth-order valence-electron chi connectivity index (χ4n) is 1.72. The van der Waals surface area contributed by atoms with Gasteiger partial charge in [-0.05, 0) is 38.0 Å². The summed E-state index contributed by atoms with van der Waals surface area (Å²) in [6, 6.07) is 5.50. The number of anilines is 1. The van der Waals surface area contributed by atoms with E-state index < -0.39 is 5.60 Å². The first kappa shape index (κ1) is 11.1. The number of rotatable bonds is 2. The van der Waals surface area contributed by atoms with Crippen LogP contribution in [0.15, 0.2) is 18.2 Å². The van der Waals surface area contributed by atoms with E-state index in [-0.39, 0.29) is 6.04 Å². The molecular weight excluding hydrogens is 233 g/mol. The maximum absolute atomic E-state index is 9.84. The molecule has 0 spiro atoms. The molecule has 0 saturated heterocycles. The van der Waals surface area contributed by atoms with E-state index in [0.717, 1.165) is 18.5 Å². The monoisotopic (exact) mass is 245 g/mol. The Morgan fingerprint density at radius 1 is 1.40 bits per heavy atom. The van der Waals surface area contributed by atoms with E-state index in [1.807, 2.05) is 13.0 Å². The second kappa shape index (κ2) is 3.85. The van der Waals surface area contributed by atoms with Gasteiger partial charge in [0, 0.05) is 5.69 Å². The highest BCUT2D eigenvalue weighted by molar-refractivity contribution is 6.42. The summed E-state index contributed by atoms with van der Waals surface area (Å²) >= 11 is 11.7. The molecule has 1 saturated carbocycles. The Hall–Kier alpha value is -0.440. The van der Waals surface area contributed by atoms with Gasteiger partial charge in [0.05, 0.1) is 21.7 Å². The molecule has 0 unspecified atom stereocenters. The van der Waals surface area contributed by atoms with E-state index in [4.69, 9.17) is 23.2 Å². The largest absolute Gasteiger partial charge is 0.388 e. The summed E-state index contributed by atoms with van der Waals surface area (Å²) in [5, 5.41) is 14.2. The summed E-state index contributed by atoms with van der Waals surface area (Å²) in [6.45, 7) is 1.84. The Morgan fingerprint density at radius 2 is 2.13 bits per heavy atom. The van der Waals surface area contributed by atoms with Crippen molar-refractivity contribution in [3.63, 3.8) is 0 Å². The molecule has 4 heteroatoms. The fraction of sp³-hybridized carbons (Fsp3) is 0.455. The van der Waals surface area contributed by atoms with Gasteiger partial charge in [-0.3, -0.25) is 0 Å². The Labute approximate surface area is 99.2 Å². The average molecular weight is 246 g/mol. The van der Waals surface area contributed by atoms with Gasteiger partial charge < -0.3 is 10.4 Å². The molecule has 1 aromatic carbocycles. The maximum atomic E-state index is 9.84. The lowest BCUT2D eigenvalue weighted by atomic mass is 9.76. The number of hydrogen-bond acceptors (Lipinski definition) is 2. The smallest absolute Gasteiger partial charge is 0.0820 e. The molecule has 1 fully saturated rings. The Kier molecular flexibility index (Phi) is 2.84. The minimum atomic E-state index is -0.605. The standard InChI is InChI=1S/C11H13Cl2NO/c1-11(15)5-4-10(11)14-7-2-3-8(12)9(13)6-7/h2-3,6,10,14-15H,4-5H2,1H3/t10-,11-/m0/s1. The van der Waals surface area contributed by atoms with Crippen LogP contribution in [0.3, 0.4) is 0 Å². The van der Waals surface area contributed by atoms with Crippen molar-refractivity contribution in [3.05, 3.63) is 28.2 Å². The SMILES string of the molecule is C[C@]1(O)CC[C@@H]1Nc1ccc(Cl)c(Cl)c1. The van der Waals surface area contributed by atoms with Crippen LogP contribution in [-0.2, 0) is 0 Å². The molecule has 0 radical (unpaired) electrons. The van der Waals surface area contributed by atoms with Gasteiger partial charge in [-0.2, -0.15) is 0 Å². The van der Waals surface area contributed by atoms with Crippen molar-refractivity contribution in [2.24, 2.45) is 0 Å². The van der Waals surface area contributed by atoms with Crippen molar-refractivity contribution in [1.82, 2.24) is 0 Å². The van der Waals surface area contributed by atoms with Gasteiger partial charge >= 0.3 is 0 Å². The first-order chi connectivity index (χ1) is 6.99. The Morgan fingerprint density at radius 3 is 2.60 bits per heavy atom. The molecule has 1 aliphatic rings. The first-order valence-electron chi connectivity index (χ1n) is 4.93. The third kappa shape index (κ3) is 2.22. The Bertz CT molecular complexity index is 379. The molecule has 2 nitrogen and oxygen atoms in total. The second-order valence-electron chi connectivity index (χ2n) is 4.22. The zero-order valence-corrected chi connectivity index (χ0v) is 9.94. The molecule has 15 heavy (non-hydrogen) atoms. The van der Waals surface area contributed by atoms with Crippen LogP contribution in [-0.4, -0.2) is 16.7 Å². The Balaban J connectivity index is 2.08. The highest BCUT2D eigenvalue weighted by Gasteiger charge is 2.40. The summed E-state index contributed by atoms with van der Waals surface area (Å²) in [5.41, 5.74) is 0.293. The van der Waals surface area contributed by atoms with Crippen LogP contribution in [0.5, 0.6) is 0 Å². The van der Waals surface area contributed by atoms with Crippen molar-refractivity contribution in [1.29, 1.82) is 0 Å². The molecule has 0 heterocycles. The topological polar surface area (TPSA) is 32.3 Å². The predicted octanol–water partition coefficient (Wildman–Crippen LogP) is 3.32. The molecule has 0 aromatic heterocycles. The molecule has 82 valence electrons. The summed E-state index contributed by atoms with van der Waals surface area (Å²) in [7, 11) is 0. The number of nitrogens with one attached hydrogen (secondary N) is 1. The molecule has 1 aliphatic carbocycles. The first-order valence-corrected chi connectivity index (χ1v) is 5.68. The van der Waals surface area contributed by atoms with Crippen LogP contribution in [0.2, 0.25) is 10.0 Å². The molecule has 2 N–H and O–H groups in total. The van der Waals surface area contributed by atoms with Crippen molar-refractivity contribution in [2.75, 3.05) is 5.32 Å². The van der Waals surface area contributed by atoms with E-state index in [2.05, 4.69) is 5.32 Å². The lowest BCUT2D eigenvalue weighted by Crippen LogP contribution is -2.53. The molecule has 1 aromatic rings. The summed E-state index contributed by atoms with van der Waals surface area (Å²) < 4.78 is 0.